The Balaban J connectivity index is 2.19. The predicted octanol–water partition coefficient (Wildman–Crippen LogP) is 3.75. The fraction of sp³-hybridized carbons (Fsp3) is 0. The summed E-state index contributed by atoms with van der Waals surface area (Å²) in [4.78, 5) is 15.9. The van der Waals surface area contributed by atoms with Crippen molar-refractivity contribution in [1.29, 1.82) is 0 Å². The van der Waals surface area contributed by atoms with Gasteiger partial charge in [0, 0.05) is 16.2 Å². The molecule has 0 aliphatic heterocycles. The summed E-state index contributed by atoms with van der Waals surface area (Å²) < 4.78 is 0.764. The fourth-order valence-electron chi connectivity index (χ4n) is 1.28. The van der Waals surface area contributed by atoms with E-state index in [1.54, 1.807) is 36.5 Å². The van der Waals surface area contributed by atoms with Crippen LogP contribution in [0.2, 0.25) is 5.02 Å². The highest BCUT2D eigenvalue weighted by Gasteiger charge is 2.09. The van der Waals surface area contributed by atoms with E-state index in [0.29, 0.717) is 16.4 Å². The van der Waals surface area contributed by atoms with E-state index in [-0.39, 0.29) is 5.91 Å². The minimum Gasteiger partial charge on any atom is -0.305 e. The van der Waals surface area contributed by atoms with E-state index in [1.807, 2.05) is 6.07 Å². The van der Waals surface area contributed by atoms with Crippen molar-refractivity contribution >= 4 is 39.3 Å². The van der Waals surface area contributed by atoms with Gasteiger partial charge in [-0.25, -0.2) is 4.98 Å². The fourth-order valence-corrected chi connectivity index (χ4v) is 1.95. The maximum Gasteiger partial charge on any atom is 0.256 e. The standard InChI is InChI=1S/C12H8BrClN2O/c13-9-6-10(14)11(15-7-9)16-12(17)8-4-2-1-3-5-8/h1-7H,(H,15,16,17). The zero-order chi connectivity index (χ0) is 12.3. The lowest BCUT2D eigenvalue weighted by Crippen LogP contribution is -2.13. The number of nitrogens with zero attached hydrogens (tertiary/aromatic N) is 1. The van der Waals surface area contributed by atoms with Crippen LogP contribution in [0.15, 0.2) is 47.1 Å². The number of rotatable bonds is 2. The normalized spacial score (nSPS) is 10.0. The number of anilines is 1. The van der Waals surface area contributed by atoms with Gasteiger partial charge in [-0.2, -0.15) is 0 Å². The molecule has 0 saturated heterocycles. The molecule has 1 aromatic heterocycles. The second-order valence-electron chi connectivity index (χ2n) is 3.30. The van der Waals surface area contributed by atoms with Gasteiger partial charge in [0.2, 0.25) is 0 Å². The first-order valence-electron chi connectivity index (χ1n) is 4.84. The summed E-state index contributed by atoms with van der Waals surface area (Å²) in [5.41, 5.74) is 0.563. The molecule has 0 bridgehead atoms. The topological polar surface area (TPSA) is 42.0 Å². The average Bonchev–Trinajstić information content (AvgIpc) is 2.34. The Bertz CT molecular complexity index is 545. The molecule has 1 aromatic carbocycles. The first-order chi connectivity index (χ1) is 8.16. The number of carbonyl (C=O) groups is 1. The van der Waals surface area contributed by atoms with E-state index in [4.69, 9.17) is 11.6 Å². The number of amides is 1. The van der Waals surface area contributed by atoms with Gasteiger partial charge in [-0.3, -0.25) is 4.79 Å². The van der Waals surface area contributed by atoms with Crippen molar-refractivity contribution in [1.82, 2.24) is 4.98 Å². The summed E-state index contributed by atoms with van der Waals surface area (Å²) in [6.07, 6.45) is 1.58. The van der Waals surface area contributed by atoms with Crippen LogP contribution in [0, 0.1) is 0 Å². The van der Waals surface area contributed by atoms with E-state index in [9.17, 15) is 4.79 Å². The van der Waals surface area contributed by atoms with Crippen molar-refractivity contribution in [3.8, 4) is 0 Å². The third kappa shape index (κ3) is 3.05. The molecule has 0 aliphatic rings. The Hall–Kier alpha value is -1.39. The molecule has 0 spiro atoms. The Labute approximate surface area is 112 Å². The maximum absolute atomic E-state index is 11.8. The van der Waals surface area contributed by atoms with Gasteiger partial charge in [0.25, 0.3) is 5.91 Å². The molecule has 2 rings (SSSR count). The van der Waals surface area contributed by atoms with Crippen LogP contribution >= 0.6 is 27.5 Å². The summed E-state index contributed by atoms with van der Waals surface area (Å²) in [6, 6.07) is 10.6. The minimum atomic E-state index is -0.234. The van der Waals surface area contributed by atoms with Crippen LogP contribution in [0.25, 0.3) is 0 Å². The third-order valence-corrected chi connectivity index (χ3v) is 2.80. The van der Waals surface area contributed by atoms with E-state index >= 15 is 0 Å². The van der Waals surface area contributed by atoms with Crippen molar-refractivity contribution in [2.75, 3.05) is 5.32 Å². The van der Waals surface area contributed by atoms with E-state index in [0.717, 1.165) is 4.47 Å². The van der Waals surface area contributed by atoms with Crippen LogP contribution in [-0.4, -0.2) is 10.9 Å². The minimum absolute atomic E-state index is 0.234. The van der Waals surface area contributed by atoms with Crippen LogP contribution < -0.4 is 5.32 Å². The number of nitrogens with one attached hydrogen (secondary N) is 1. The van der Waals surface area contributed by atoms with Gasteiger partial charge in [-0.05, 0) is 34.1 Å². The molecule has 1 N–H and O–H groups in total. The summed E-state index contributed by atoms with van der Waals surface area (Å²) in [5, 5.41) is 3.04. The summed E-state index contributed by atoms with van der Waals surface area (Å²) in [5.74, 6) is 0.117. The second-order valence-corrected chi connectivity index (χ2v) is 4.63. The highest BCUT2D eigenvalue weighted by molar-refractivity contribution is 9.10. The molecule has 0 fully saturated rings. The predicted molar refractivity (Wildman–Crippen MR) is 71.3 cm³/mol. The summed E-state index contributed by atoms with van der Waals surface area (Å²) in [6.45, 7) is 0. The number of carbonyl (C=O) groups excluding carboxylic acids is 1. The number of benzene rings is 1. The van der Waals surface area contributed by atoms with Crippen LogP contribution in [0.4, 0.5) is 5.82 Å². The molecule has 1 amide bonds. The third-order valence-electron chi connectivity index (χ3n) is 2.08. The second kappa shape index (κ2) is 5.29. The molecule has 86 valence electrons. The molecule has 0 aliphatic carbocycles. The summed E-state index contributed by atoms with van der Waals surface area (Å²) in [7, 11) is 0. The Morgan fingerprint density at radius 2 is 2.00 bits per heavy atom. The summed E-state index contributed by atoms with van der Waals surface area (Å²) >= 11 is 9.20. The lowest BCUT2D eigenvalue weighted by molar-refractivity contribution is 0.102. The first kappa shape index (κ1) is 12.1. The van der Waals surface area contributed by atoms with Gasteiger partial charge in [-0.1, -0.05) is 29.8 Å². The van der Waals surface area contributed by atoms with E-state index in [2.05, 4.69) is 26.2 Å². The molecule has 0 saturated carbocycles. The van der Waals surface area contributed by atoms with Gasteiger partial charge in [-0.15, -0.1) is 0 Å². The largest absolute Gasteiger partial charge is 0.305 e. The molecule has 2 aromatic rings. The van der Waals surface area contributed by atoms with Crippen LogP contribution in [-0.2, 0) is 0 Å². The van der Waals surface area contributed by atoms with Gasteiger partial charge in [0.15, 0.2) is 5.82 Å². The zero-order valence-electron chi connectivity index (χ0n) is 8.65. The quantitative estimate of drug-likeness (QED) is 0.918. The molecule has 0 unspecified atom stereocenters. The molecule has 17 heavy (non-hydrogen) atoms. The van der Waals surface area contributed by atoms with Crippen molar-refractivity contribution in [2.24, 2.45) is 0 Å². The molecule has 3 nitrogen and oxygen atoms in total. The van der Waals surface area contributed by atoms with Crippen LogP contribution in [0.5, 0.6) is 0 Å². The highest BCUT2D eigenvalue weighted by Crippen LogP contribution is 2.23. The van der Waals surface area contributed by atoms with E-state index < -0.39 is 0 Å². The first-order valence-corrected chi connectivity index (χ1v) is 6.01. The monoisotopic (exact) mass is 310 g/mol. The SMILES string of the molecule is O=C(Nc1ncc(Br)cc1Cl)c1ccccc1. The lowest BCUT2D eigenvalue weighted by atomic mass is 10.2. The van der Waals surface area contributed by atoms with Gasteiger partial charge in [0.1, 0.15) is 0 Å². The van der Waals surface area contributed by atoms with Gasteiger partial charge in [0.05, 0.1) is 5.02 Å². The number of aromatic nitrogens is 1. The highest BCUT2D eigenvalue weighted by atomic mass is 79.9. The van der Waals surface area contributed by atoms with Gasteiger partial charge >= 0.3 is 0 Å². The van der Waals surface area contributed by atoms with Crippen molar-refractivity contribution in [3.05, 3.63) is 57.7 Å². The Kier molecular flexibility index (Phi) is 3.76. The van der Waals surface area contributed by atoms with Crippen LogP contribution in [0.3, 0.4) is 0 Å². The molecule has 1 heterocycles. The zero-order valence-corrected chi connectivity index (χ0v) is 11.0. The van der Waals surface area contributed by atoms with Gasteiger partial charge < -0.3 is 5.32 Å². The maximum atomic E-state index is 11.8. The smallest absolute Gasteiger partial charge is 0.256 e. The number of hydrogen-bond acceptors (Lipinski definition) is 2. The molecular formula is C12H8BrClN2O. The van der Waals surface area contributed by atoms with Crippen molar-refractivity contribution in [2.45, 2.75) is 0 Å². The molecular weight excluding hydrogens is 304 g/mol. The average molecular weight is 312 g/mol. The number of pyridine rings is 1. The lowest BCUT2D eigenvalue weighted by Gasteiger charge is -2.06. The Morgan fingerprint density at radius 3 is 2.65 bits per heavy atom. The molecule has 0 atom stereocenters. The Morgan fingerprint density at radius 1 is 1.29 bits per heavy atom. The van der Waals surface area contributed by atoms with E-state index in [1.165, 1.54) is 0 Å². The van der Waals surface area contributed by atoms with Crippen LogP contribution in [0.1, 0.15) is 10.4 Å². The van der Waals surface area contributed by atoms with Crippen molar-refractivity contribution in [3.63, 3.8) is 0 Å². The molecule has 0 radical (unpaired) electrons. The molecule has 5 heteroatoms. The number of halogens is 2. The van der Waals surface area contributed by atoms with Crippen molar-refractivity contribution < 1.29 is 4.79 Å². The number of hydrogen-bond donors (Lipinski definition) is 1.